The molecule has 0 N–H and O–H groups in total. The first kappa shape index (κ1) is 22.3. The molecule has 2 aromatic rings. The van der Waals surface area contributed by atoms with Crippen molar-refractivity contribution in [2.75, 3.05) is 11.9 Å². The second-order valence-corrected chi connectivity index (χ2v) is 9.12. The Morgan fingerprint density at radius 1 is 1.00 bits per heavy atom. The maximum absolute atomic E-state index is 5.86. The summed E-state index contributed by atoms with van der Waals surface area (Å²) in [5.41, 5.74) is 2.33. The van der Waals surface area contributed by atoms with Crippen LogP contribution in [-0.2, 0) is 0 Å². The van der Waals surface area contributed by atoms with Crippen molar-refractivity contribution in [1.82, 2.24) is 9.97 Å². The molecule has 3 rings (SSSR count). The molecule has 0 spiro atoms. The van der Waals surface area contributed by atoms with E-state index in [9.17, 15) is 0 Å². The maximum Gasteiger partial charge on any atom is 0.159 e. The standard InChI is InChI=1S/C25H35BrN2O/c1-2-3-4-8-20-11-13-21(14-12-20)23-18-27-25(28-19-23)22-9-7-10-24(17-22)29-16-6-5-15-26/h7,9-10,17-21H,2-6,8,11-16H2,1H3. The lowest BCUT2D eigenvalue weighted by Gasteiger charge is -2.28. The fourth-order valence-corrected chi connectivity index (χ4v) is 4.67. The van der Waals surface area contributed by atoms with E-state index in [1.54, 1.807) is 0 Å². The van der Waals surface area contributed by atoms with Gasteiger partial charge >= 0.3 is 0 Å². The first-order valence-corrected chi connectivity index (χ1v) is 12.5. The van der Waals surface area contributed by atoms with Crippen molar-refractivity contribution in [2.24, 2.45) is 5.92 Å². The summed E-state index contributed by atoms with van der Waals surface area (Å²) in [5.74, 6) is 3.25. The third-order valence-electron chi connectivity index (χ3n) is 6.09. The highest BCUT2D eigenvalue weighted by Crippen LogP contribution is 2.37. The summed E-state index contributed by atoms with van der Waals surface area (Å²) in [6.07, 6.45) is 17.1. The van der Waals surface area contributed by atoms with Gasteiger partial charge in [-0.15, -0.1) is 0 Å². The van der Waals surface area contributed by atoms with E-state index in [4.69, 9.17) is 4.74 Å². The number of halogens is 1. The normalized spacial score (nSPS) is 19.2. The van der Waals surface area contributed by atoms with Crippen LogP contribution >= 0.6 is 15.9 Å². The quantitative estimate of drug-likeness (QED) is 0.257. The van der Waals surface area contributed by atoms with Crippen LogP contribution in [0.3, 0.4) is 0 Å². The van der Waals surface area contributed by atoms with Crippen LogP contribution in [0.5, 0.6) is 5.75 Å². The lowest BCUT2D eigenvalue weighted by molar-refractivity contribution is 0.302. The molecular weight excluding hydrogens is 424 g/mol. The number of nitrogens with zero attached hydrogens (tertiary/aromatic N) is 2. The van der Waals surface area contributed by atoms with Crippen LogP contribution in [0.2, 0.25) is 0 Å². The van der Waals surface area contributed by atoms with E-state index in [1.807, 2.05) is 30.6 Å². The molecule has 1 aromatic carbocycles. The molecule has 0 amide bonds. The summed E-state index contributed by atoms with van der Waals surface area (Å²) < 4.78 is 5.86. The minimum atomic E-state index is 0.635. The largest absolute Gasteiger partial charge is 0.494 e. The van der Waals surface area contributed by atoms with Gasteiger partial charge in [-0.3, -0.25) is 0 Å². The van der Waals surface area contributed by atoms with E-state index in [1.165, 1.54) is 56.9 Å². The molecule has 0 radical (unpaired) electrons. The zero-order valence-corrected chi connectivity index (χ0v) is 19.4. The van der Waals surface area contributed by atoms with Gasteiger partial charge in [-0.2, -0.15) is 0 Å². The van der Waals surface area contributed by atoms with Crippen molar-refractivity contribution in [3.8, 4) is 17.1 Å². The van der Waals surface area contributed by atoms with E-state index in [2.05, 4.69) is 38.9 Å². The van der Waals surface area contributed by atoms with E-state index in [0.29, 0.717) is 5.92 Å². The number of unbranched alkanes of at least 4 members (excludes halogenated alkanes) is 3. The molecule has 0 saturated heterocycles. The van der Waals surface area contributed by atoms with Gasteiger partial charge in [-0.25, -0.2) is 9.97 Å². The summed E-state index contributed by atoms with van der Waals surface area (Å²) in [7, 11) is 0. The van der Waals surface area contributed by atoms with Crippen molar-refractivity contribution in [1.29, 1.82) is 0 Å². The highest BCUT2D eigenvalue weighted by molar-refractivity contribution is 9.09. The third kappa shape index (κ3) is 7.09. The van der Waals surface area contributed by atoms with Crippen LogP contribution < -0.4 is 4.74 Å². The number of alkyl halides is 1. The number of aromatic nitrogens is 2. The monoisotopic (exact) mass is 458 g/mol. The lowest BCUT2D eigenvalue weighted by Crippen LogP contribution is -2.14. The van der Waals surface area contributed by atoms with Crippen LogP contribution in [0.25, 0.3) is 11.4 Å². The lowest BCUT2D eigenvalue weighted by atomic mass is 9.77. The van der Waals surface area contributed by atoms with Gasteiger partial charge in [0.1, 0.15) is 5.75 Å². The molecule has 158 valence electrons. The Morgan fingerprint density at radius 2 is 1.79 bits per heavy atom. The van der Waals surface area contributed by atoms with Crippen LogP contribution in [0, 0.1) is 5.92 Å². The minimum Gasteiger partial charge on any atom is -0.494 e. The van der Waals surface area contributed by atoms with Crippen molar-refractivity contribution in [3.63, 3.8) is 0 Å². The van der Waals surface area contributed by atoms with Crippen molar-refractivity contribution in [2.45, 2.75) is 77.0 Å². The molecule has 1 saturated carbocycles. The highest BCUT2D eigenvalue weighted by Gasteiger charge is 2.22. The fraction of sp³-hybridized carbons (Fsp3) is 0.600. The zero-order chi connectivity index (χ0) is 20.3. The number of ether oxygens (including phenoxy) is 1. The fourth-order valence-electron chi connectivity index (χ4n) is 4.28. The van der Waals surface area contributed by atoms with Crippen molar-refractivity contribution >= 4 is 15.9 Å². The van der Waals surface area contributed by atoms with E-state index >= 15 is 0 Å². The molecule has 1 heterocycles. The minimum absolute atomic E-state index is 0.635. The molecule has 1 aliphatic rings. The van der Waals surface area contributed by atoms with Gasteiger partial charge in [0.2, 0.25) is 0 Å². The number of benzene rings is 1. The summed E-state index contributed by atoms with van der Waals surface area (Å²) in [4.78, 5) is 9.36. The summed E-state index contributed by atoms with van der Waals surface area (Å²) >= 11 is 3.46. The molecule has 0 bridgehead atoms. The van der Waals surface area contributed by atoms with E-state index in [-0.39, 0.29) is 0 Å². The topological polar surface area (TPSA) is 35.0 Å². The van der Waals surface area contributed by atoms with Gasteiger partial charge in [0.05, 0.1) is 6.61 Å². The van der Waals surface area contributed by atoms with Crippen LogP contribution in [-0.4, -0.2) is 21.9 Å². The van der Waals surface area contributed by atoms with Gasteiger partial charge in [0, 0.05) is 23.3 Å². The summed E-state index contributed by atoms with van der Waals surface area (Å²) in [6.45, 7) is 3.03. The zero-order valence-electron chi connectivity index (χ0n) is 17.8. The highest BCUT2D eigenvalue weighted by atomic mass is 79.9. The van der Waals surface area contributed by atoms with E-state index < -0.39 is 0 Å². The predicted octanol–water partition coefficient (Wildman–Crippen LogP) is 7.55. The Labute approximate surface area is 184 Å². The van der Waals surface area contributed by atoms with Crippen molar-refractivity contribution < 1.29 is 4.74 Å². The van der Waals surface area contributed by atoms with Gasteiger partial charge in [-0.1, -0.05) is 60.7 Å². The maximum atomic E-state index is 5.86. The van der Waals surface area contributed by atoms with E-state index in [0.717, 1.165) is 47.8 Å². The molecule has 1 aromatic heterocycles. The summed E-state index contributed by atoms with van der Waals surface area (Å²) in [6, 6.07) is 8.13. The smallest absolute Gasteiger partial charge is 0.159 e. The molecule has 0 aliphatic heterocycles. The second-order valence-electron chi connectivity index (χ2n) is 8.33. The Morgan fingerprint density at radius 3 is 2.52 bits per heavy atom. The molecule has 1 fully saturated rings. The Kier molecular flexibility index (Phi) is 9.46. The molecule has 0 atom stereocenters. The SMILES string of the molecule is CCCCCC1CCC(c2cnc(-c3cccc(OCCCCBr)c3)nc2)CC1. The summed E-state index contributed by atoms with van der Waals surface area (Å²) in [5, 5.41) is 1.02. The molecule has 0 unspecified atom stereocenters. The Balaban J connectivity index is 1.53. The molecular formula is C25H35BrN2O. The number of hydrogen-bond donors (Lipinski definition) is 0. The van der Waals surface area contributed by atoms with Gasteiger partial charge in [0.15, 0.2) is 5.82 Å². The van der Waals surface area contributed by atoms with Gasteiger partial charge in [0.25, 0.3) is 0 Å². The molecule has 1 aliphatic carbocycles. The molecule has 29 heavy (non-hydrogen) atoms. The van der Waals surface area contributed by atoms with Crippen LogP contribution in [0.15, 0.2) is 36.7 Å². The average molecular weight is 459 g/mol. The Hall–Kier alpha value is -1.42. The van der Waals surface area contributed by atoms with Crippen LogP contribution in [0.4, 0.5) is 0 Å². The van der Waals surface area contributed by atoms with Gasteiger partial charge < -0.3 is 4.74 Å². The Bertz CT molecular complexity index is 711. The first-order valence-electron chi connectivity index (χ1n) is 11.4. The number of rotatable bonds is 11. The average Bonchev–Trinajstić information content (AvgIpc) is 2.78. The third-order valence-corrected chi connectivity index (χ3v) is 6.66. The second kappa shape index (κ2) is 12.3. The number of hydrogen-bond acceptors (Lipinski definition) is 3. The van der Waals surface area contributed by atoms with Crippen molar-refractivity contribution in [3.05, 3.63) is 42.2 Å². The molecule has 3 nitrogen and oxygen atoms in total. The predicted molar refractivity (Wildman–Crippen MR) is 125 cm³/mol. The molecule has 4 heteroatoms. The van der Waals surface area contributed by atoms with Crippen LogP contribution in [0.1, 0.15) is 82.6 Å². The first-order chi connectivity index (χ1) is 14.3. The van der Waals surface area contributed by atoms with Gasteiger partial charge in [-0.05, 0) is 68.1 Å².